The zero-order chi connectivity index (χ0) is 15.5. The molecule has 0 saturated carbocycles. The third-order valence-electron chi connectivity index (χ3n) is 3.83. The minimum Gasteiger partial charge on any atom is -1.00 e. The maximum atomic E-state index is 3.61. The van der Waals surface area contributed by atoms with E-state index in [-0.39, 0.29) is 30.2 Å². The van der Waals surface area contributed by atoms with E-state index in [1.807, 2.05) is 0 Å². The third-order valence-corrected chi connectivity index (χ3v) is 3.83. The van der Waals surface area contributed by atoms with Crippen molar-refractivity contribution in [2.45, 2.75) is 25.4 Å². The number of rotatable bonds is 1. The molecule has 0 heterocycles. The van der Waals surface area contributed by atoms with Gasteiger partial charge >= 0.3 is 41.9 Å². The van der Waals surface area contributed by atoms with E-state index in [1.54, 1.807) is 23.3 Å². The zero-order valence-electron chi connectivity index (χ0n) is 13.8. The van der Waals surface area contributed by atoms with Gasteiger partial charge in [-0.1, -0.05) is 59.7 Å². The van der Waals surface area contributed by atoms with Gasteiger partial charge in [-0.2, -0.15) is 23.8 Å². The van der Waals surface area contributed by atoms with Crippen molar-refractivity contribution in [1.29, 1.82) is 0 Å². The van der Waals surface area contributed by atoms with Crippen molar-refractivity contribution < 1.29 is 48.1 Å². The first-order valence-electron chi connectivity index (χ1n) is 7.65. The molecule has 0 N–H and O–H groups in total. The summed E-state index contributed by atoms with van der Waals surface area (Å²) in [5.41, 5.74) is 7.02. The fraction of sp³-hybridized carbons (Fsp3) is 0.200. The number of benzene rings is 2. The summed E-state index contributed by atoms with van der Waals surface area (Å²) in [5.74, 6) is 0.416. The van der Waals surface area contributed by atoms with E-state index < -0.39 is 0 Å². The van der Waals surface area contributed by atoms with Gasteiger partial charge < -0.3 is 24.8 Å². The summed E-state index contributed by atoms with van der Waals surface area (Å²) in [7, 11) is 0. The molecule has 0 aromatic heterocycles. The van der Waals surface area contributed by atoms with Gasteiger partial charge in [0, 0.05) is 0 Å². The maximum Gasteiger partial charge on any atom is -0.00217 e. The summed E-state index contributed by atoms with van der Waals surface area (Å²) in [5, 5.41) is 0. The van der Waals surface area contributed by atoms with Crippen LogP contribution in [0.25, 0.3) is 11.1 Å². The molecule has 0 atom stereocenters. The van der Waals surface area contributed by atoms with Gasteiger partial charge in [0.25, 0.3) is 0 Å². The van der Waals surface area contributed by atoms with Crippen LogP contribution in [0.15, 0.2) is 60.7 Å². The molecule has 4 rings (SSSR count). The second kappa shape index (κ2) is 9.92. The second-order valence-corrected chi connectivity index (χ2v) is 15.3. The van der Waals surface area contributed by atoms with Crippen LogP contribution < -0.4 is 24.8 Å². The molecule has 0 aliphatic heterocycles. The SMILES string of the molecule is C[Si](C)=[Zr+2].[Cl-].[Cl-].[c-]1c(C2C=CC=C2)ccc2c1Cc1ccccc1-2. The molecule has 0 amide bonds. The Balaban J connectivity index is 0.000000438. The van der Waals surface area contributed by atoms with Crippen LogP contribution in [0.2, 0.25) is 13.1 Å². The first kappa shape index (κ1) is 21.6. The number of fused-ring (bicyclic) bond motifs is 3. The first-order valence-corrected chi connectivity index (χ1v) is 13.8. The van der Waals surface area contributed by atoms with Crippen molar-refractivity contribution in [2.75, 3.05) is 0 Å². The Morgan fingerprint density at radius 2 is 1.58 bits per heavy atom. The molecule has 0 saturated heterocycles. The van der Waals surface area contributed by atoms with Crippen LogP contribution in [0.5, 0.6) is 0 Å². The van der Waals surface area contributed by atoms with Gasteiger partial charge in [0.05, 0.1) is 0 Å². The van der Waals surface area contributed by atoms with Crippen molar-refractivity contribution in [3.8, 4) is 11.1 Å². The molecular formula is C20H19Cl2SiZr-. The number of hydrogen-bond acceptors (Lipinski definition) is 0. The Kier molecular flexibility index (Phi) is 8.95. The molecule has 2 aliphatic carbocycles. The van der Waals surface area contributed by atoms with E-state index in [0.29, 0.717) is 5.92 Å². The van der Waals surface area contributed by atoms with Crippen LogP contribution in [-0.2, 0) is 29.8 Å². The van der Waals surface area contributed by atoms with Crippen LogP contribution >= 0.6 is 0 Å². The minimum absolute atomic E-state index is 0. The van der Waals surface area contributed by atoms with Crippen molar-refractivity contribution in [3.05, 3.63) is 83.5 Å². The predicted molar refractivity (Wildman–Crippen MR) is 92.0 cm³/mol. The first-order chi connectivity index (χ1) is 10.6. The number of halogens is 2. The van der Waals surface area contributed by atoms with E-state index in [9.17, 15) is 0 Å². The van der Waals surface area contributed by atoms with E-state index in [0.717, 1.165) is 6.42 Å². The smallest absolute Gasteiger partial charge is 0.00217 e. The molecule has 0 spiro atoms. The van der Waals surface area contributed by atoms with Gasteiger partial charge in [0.15, 0.2) is 0 Å². The fourth-order valence-electron chi connectivity index (χ4n) is 2.91. The van der Waals surface area contributed by atoms with Crippen LogP contribution in [-0.4, -0.2) is 5.43 Å². The van der Waals surface area contributed by atoms with Gasteiger partial charge in [-0.15, -0.1) is 11.1 Å². The summed E-state index contributed by atoms with van der Waals surface area (Å²) in [4.78, 5) is 0. The summed E-state index contributed by atoms with van der Waals surface area (Å²) >= 11 is 1.74. The molecule has 2 aromatic carbocycles. The molecule has 24 heavy (non-hydrogen) atoms. The van der Waals surface area contributed by atoms with Crippen LogP contribution in [0.4, 0.5) is 0 Å². The van der Waals surface area contributed by atoms with Crippen LogP contribution in [0, 0.1) is 6.07 Å². The molecule has 0 radical (unpaired) electrons. The summed E-state index contributed by atoms with van der Waals surface area (Å²) in [6.45, 7) is 4.62. The quantitative estimate of drug-likeness (QED) is 0.332. The van der Waals surface area contributed by atoms with Crippen molar-refractivity contribution in [1.82, 2.24) is 0 Å². The van der Waals surface area contributed by atoms with Gasteiger partial charge in [-0.25, -0.2) is 0 Å². The van der Waals surface area contributed by atoms with Crippen molar-refractivity contribution in [3.63, 3.8) is 0 Å². The normalized spacial score (nSPS) is 13.2. The Morgan fingerprint density at radius 1 is 0.958 bits per heavy atom. The molecule has 2 aliphatic rings. The maximum absolute atomic E-state index is 3.61. The van der Waals surface area contributed by atoms with Gasteiger partial charge in [0.2, 0.25) is 0 Å². The molecule has 4 heteroatoms. The monoisotopic (exact) mass is 447 g/mol. The molecule has 122 valence electrons. The fourth-order valence-corrected chi connectivity index (χ4v) is 2.91. The second-order valence-electron chi connectivity index (χ2n) is 5.94. The van der Waals surface area contributed by atoms with Crippen molar-refractivity contribution >= 4 is 5.43 Å². The molecule has 0 unspecified atom stereocenters. The van der Waals surface area contributed by atoms with Crippen LogP contribution in [0.3, 0.4) is 0 Å². The zero-order valence-corrected chi connectivity index (χ0v) is 18.8. The molecular weight excluding hydrogens is 430 g/mol. The Hall–Kier alpha value is -0.400. The Morgan fingerprint density at radius 3 is 2.25 bits per heavy atom. The Bertz CT molecular complexity index is 765. The average molecular weight is 450 g/mol. The van der Waals surface area contributed by atoms with E-state index in [1.165, 1.54) is 27.8 Å². The van der Waals surface area contributed by atoms with Crippen molar-refractivity contribution in [2.24, 2.45) is 0 Å². The van der Waals surface area contributed by atoms with Crippen LogP contribution in [0.1, 0.15) is 22.6 Å². The standard InChI is InChI=1S/C18H13.C2H6Si.2ClH.Zr/c1-2-6-13(5-1)14-9-10-18-16(11-14)12-15-7-3-4-8-17(15)18;1-3-2;;;/h1-10,13H,12H2;1-2H3;2*1H;/q-1;;;;+2/p-2. The number of allylic oxidation sites excluding steroid dienone is 4. The summed E-state index contributed by atoms with van der Waals surface area (Å²) in [6.07, 6.45) is 9.70. The topological polar surface area (TPSA) is 0 Å². The average Bonchev–Trinajstić information content (AvgIpc) is 3.13. The van der Waals surface area contributed by atoms with Gasteiger partial charge in [0.1, 0.15) is 0 Å². The largest absolute Gasteiger partial charge is 1.00 e. The molecule has 0 fully saturated rings. The molecule has 0 bridgehead atoms. The third kappa shape index (κ3) is 5.05. The molecule has 0 nitrogen and oxygen atoms in total. The van der Waals surface area contributed by atoms with E-state index in [2.05, 4.69) is 79.9 Å². The summed E-state index contributed by atoms with van der Waals surface area (Å²) < 4.78 is 0. The minimum atomic E-state index is 0. The number of hydrogen-bond donors (Lipinski definition) is 0. The summed E-state index contributed by atoms with van der Waals surface area (Å²) in [6, 6.07) is 16.7. The van der Waals surface area contributed by atoms with E-state index in [4.69, 9.17) is 0 Å². The Labute approximate surface area is 172 Å². The molecule has 2 aromatic rings. The van der Waals surface area contributed by atoms with Gasteiger partial charge in [-0.3, -0.25) is 0 Å². The van der Waals surface area contributed by atoms with Gasteiger partial charge in [-0.05, 0) is 12.3 Å². The predicted octanol–water partition coefficient (Wildman–Crippen LogP) is -0.940. The van der Waals surface area contributed by atoms with E-state index >= 15 is 0 Å².